The van der Waals surface area contributed by atoms with Crippen LogP contribution in [0.2, 0.25) is 0 Å². The number of aryl methyl sites for hydroxylation is 1. The average Bonchev–Trinajstić information content (AvgIpc) is 3.68. The summed E-state index contributed by atoms with van der Waals surface area (Å²) in [7, 11) is 1.63. The number of aromatic nitrogens is 1. The average molecular weight is 663 g/mol. The van der Waals surface area contributed by atoms with Gasteiger partial charge in [-0.25, -0.2) is 14.6 Å². The molecule has 0 spiro atoms. The number of benzene rings is 3. The van der Waals surface area contributed by atoms with Crippen LogP contribution in [0.5, 0.6) is 5.75 Å². The van der Waals surface area contributed by atoms with E-state index < -0.39 is 18.0 Å². The molecule has 10 heteroatoms. The minimum atomic E-state index is -1.01. The van der Waals surface area contributed by atoms with Crippen molar-refractivity contribution in [2.45, 2.75) is 39.7 Å². The van der Waals surface area contributed by atoms with Crippen molar-refractivity contribution in [3.63, 3.8) is 0 Å². The lowest BCUT2D eigenvalue weighted by atomic mass is 9.87. The number of nitrogens with zero attached hydrogens (tertiary/aromatic N) is 2. The molecule has 1 aliphatic heterocycles. The van der Waals surface area contributed by atoms with Crippen LogP contribution in [0.25, 0.3) is 23.1 Å². The summed E-state index contributed by atoms with van der Waals surface area (Å²) in [5, 5.41) is 9.23. The van der Waals surface area contributed by atoms with E-state index in [0.29, 0.717) is 32.1 Å². The van der Waals surface area contributed by atoms with Crippen LogP contribution in [0.4, 0.5) is 0 Å². The number of hydrogen-bond acceptors (Lipinski definition) is 8. The number of fused-ring (bicyclic) bond motifs is 1. The number of furan rings is 1. The number of methoxy groups -OCH3 is 1. The van der Waals surface area contributed by atoms with E-state index in [2.05, 4.69) is 13.8 Å². The van der Waals surface area contributed by atoms with Gasteiger partial charge in [-0.2, -0.15) is 0 Å². The number of carbonyl (C=O) groups excluding carboxylic acids is 1. The van der Waals surface area contributed by atoms with Gasteiger partial charge in [-0.15, -0.1) is 0 Å². The Bertz CT molecular complexity index is 2240. The van der Waals surface area contributed by atoms with Gasteiger partial charge in [-0.3, -0.25) is 9.36 Å². The summed E-state index contributed by atoms with van der Waals surface area (Å²) in [5.74, 6) is 0.231. The Balaban J connectivity index is 1.58. The van der Waals surface area contributed by atoms with E-state index >= 15 is 0 Å². The second-order valence-corrected chi connectivity index (χ2v) is 12.6. The van der Waals surface area contributed by atoms with Crippen molar-refractivity contribution in [2.24, 2.45) is 4.99 Å². The fourth-order valence-electron chi connectivity index (χ4n) is 5.86. The topological polar surface area (TPSA) is 120 Å². The highest BCUT2D eigenvalue weighted by Crippen LogP contribution is 2.40. The number of thiazole rings is 1. The van der Waals surface area contributed by atoms with E-state index in [1.807, 2.05) is 49.4 Å². The SMILES string of the molecule is CCOC(=O)C1=C(c2ccccc2)N=c2s/c(=C\c3ccc(-c4ccc(C(=O)O)cc4)o3)c(=O)n2[C@H]1c1cc(C(C)C)c(OC)cc1C. The Morgan fingerprint density at radius 2 is 1.77 bits per heavy atom. The van der Waals surface area contributed by atoms with Gasteiger partial charge < -0.3 is 19.0 Å². The minimum Gasteiger partial charge on any atom is -0.496 e. The molecule has 3 heterocycles. The monoisotopic (exact) mass is 662 g/mol. The van der Waals surface area contributed by atoms with Gasteiger partial charge in [-0.05, 0) is 72.9 Å². The summed E-state index contributed by atoms with van der Waals surface area (Å²) in [6, 6.07) is 22.4. The van der Waals surface area contributed by atoms with Crippen LogP contribution in [0.3, 0.4) is 0 Å². The third-order valence-electron chi connectivity index (χ3n) is 8.23. The molecular formula is C38H34N2O7S. The first-order chi connectivity index (χ1) is 23.1. The number of esters is 1. The lowest BCUT2D eigenvalue weighted by molar-refractivity contribution is -0.138. The van der Waals surface area contributed by atoms with Crippen LogP contribution >= 0.6 is 11.3 Å². The van der Waals surface area contributed by atoms with Crippen molar-refractivity contribution < 1.29 is 28.6 Å². The van der Waals surface area contributed by atoms with E-state index in [1.165, 1.54) is 23.5 Å². The number of ether oxygens (including phenoxy) is 2. The molecule has 5 aromatic rings. The summed E-state index contributed by atoms with van der Waals surface area (Å²) >= 11 is 1.21. The zero-order chi connectivity index (χ0) is 34.1. The van der Waals surface area contributed by atoms with Crippen molar-refractivity contribution in [2.75, 3.05) is 13.7 Å². The van der Waals surface area contributed by atoms with E-state index in [1.54, 1.807) is 48.9 Å². The van der Waals surface area contributed by atoms with Crippen molar-refractivity contribution in [1.82, 2.24) is 4.57 Å². The number of hydrogen-bond donors (Lipinski definition) is 1. The van der Waals surface area contributed by atoms with Crippen LogP contribution in [-0.2, 0) is 9.53 Å². The smallest absolute Gasteiger partial charge is 0.338 e. The fourth-order valence-corrected chi connectivity index (χ4v) is 6.85. The molecule has 6 rings (SSSR count). The molecule has 0 aliphatic carbocycles. The predicted molar refractivity (Wildman–Crippen MR) is 184 cm³/mol. The molecule has 0 fully saturated rings. The van der Waals surface area contributed by atoms with Crippen molar-refractivity contribution in [3.8, 4) is 17.1 Å². The molecule has 1 atom stereocenters. The van der Waals surface area contributed by atoms with Gasteiger partial charge in [0.05, 0.1) is 41.1 Å². The second-order valence-electron chi connectivity index (χ2n) is 11.6. The molecule has 0 bridgehead atoms. The zero-order valence-corrected chi connectivity index (χ0v) is 28.0. The first-order valence-corrected chi connectivity index (χ1v) is 16.3. The van der Waals surface area contributed by atoms with E-state index in [-0.39, 0.29) is 29.2 Å². The summed E-state index contributed by atoms with van der Waals surface area (Å²) < 4.78 is 19.3. The quantitative estimate of drug-likeness (QED) is 0.183. The van der Waals surface area contributed by atoms with Crippen LogP contribution in [0, 0.1) is 6.92 Å². The molecular weight excluding hydrogens is 628 g/mol. The van der Waals surface area contributed by atoms with Crippen LogP contribution < -0.4 is 19.6 Å². The molecule has 9 nitrogen and oxygen atoms in total. The number of carboxylic acid groups (broad SMARTS) is 1. The minimum absolute atomic E-state index is 0.104. The molecule has 0 saturated carbocycles. The summed E-state index contributed by atoms with van der Waals surface area (Å²) in [6.45, 7) is 7.98. The lowest BCUT2D eigenvalue weighted by Crippen LogP contribution is -2.40. The lowest BCUT2D eigenvalue weighted by Gasteiger charge is -2.28. The van der Waals surface area contributed by atoms with Gasteiger partial charge in [-0.1, -0.05) is 67.6 Å². The Hall–Kier alpha value is -5.48. The maximum atomic E-state index is 14.4. The van der Waals surface area contributed by atoms with Gasteiger partial charge in [0.1, 0.15) is 17.3 Å². The summed E-state index contributed by atoms with van der Waals surface area (Å²) in [4.78, 5) is 44.9. The number of rotatable bonds is 9. The van der Waals surface area contributed by atoms with Gasteiger partial charge in [0, 0.05) is 17.2 Å². The van der Waals surface area contributed by atoms with Crippen molar-refractivity contribution in [1.29, 1.82) is 0 Å². The predicted octanol–water partition coefficient (Wildman–Crippen LogP) is 6.33. The highest BCUT2D eigenvalue weighted by Gasteiger charge is 2.36. The van der Waals surface area contributed by atoms with Crippen molar-refractivity contribution >= 4 is 35.0 Å². The molecule has 0 saturated heterocycles. The van der Waals surface area contributed by atoms with Crippen LogP contribution in [0.15, 0.2) is 98.6 Å². The Morgan fingerprint density at radius 3 is 2.42 bits per heavy atom. The number of carboxylic acids is 1. The normalized spacial score (nSPS) is 14.5. The Labute approximate surface area is 280 Å². The van der Waals surface area contributed by atoms with Crippen molar-refractivity contribution in [3.05, 3.63) is 138 Å². The largest absolute Gasteiger partial charge is 0.496 e. The molecule has 1 aliphatic rings. The van der Waals surface area contributed by atoms with Gasteiger partial charge in [0.15, 0.2) is 4.80 Å². The number of aromatic carboxylic acids is 1. The molecule has 2 aromatic heterocycles. The highest BCUT2D eigenvalue weighted by atomic mass is 32.1. The molecule has 0 amide bonds. The third-order valence-corrected chi connectivity index (χ3v) is 9.21. The van der Waals surface area contributed by atoms with Gasteiger partial charge in [0.25, 0.3) is 5.56 Å². The molecule has 1 N–H and O–H groups in total. The highest BCUT2D eigenvalue weighted by molar-refractivity contribution is 7.07. The standard InChI is InChI=1S/C38H34N2O7S/c1-6-46-37(44)32-33(24-10-8-7-9-11-24)39-38-40(34(32)28-20-27(21(2)3)30(45-5)18-22(28)4)35(41)31(48-38)19-26-16-17-29(47-26)23-12-14-25(15-13-23)36(42)43/h7-21,34H,6H2,1-5H3,(H,42,43)/b31-19-/t34-/m0/s1. The molecule has 0 unspecified atom stereocenters. The zero-order valence-electron chi connectivity index (χ0n) is 27.1. The van der Waals surface area contributed by atoms with E-state index in [4.69, 9.17) is 18.9 Å². The fraction of sp³-hybridized carbons (Fsp3) is 0.211. The first kappa shape index (κ1) is 32.5. The van der Waals surface area contributed by atoms with Gasteiger partial charge >= 0.3 is 11.9 Å². The molecule has 48 heavy (non-hydrogen) atoms. The van der Waals surface area contributed by atoms with Crippen LogP contribution in [-0.4, -0.2) is 35.3 Å². The summed E-state index contributed by atoms with van der Waals surface area (Å²) in [6.07, 6.45) is 1.66. The Morgan fingerprint density at radius 1 is 1.04 bits per heavy atom. The van der Waals surface area contributed by atoms with E-state index in [0.717, 1.165) is 28.0 Å². The Kier molecular flexibility index (Phi) is 9.01. The molecule has 0 radical (unpaired) electrons. The maximum absolute atomic E-state index is 14.4. The third kappa shape index (κ3) is 6.02. The summed E-state index contributed by atoms with van der Waals surface area (Å²) in [5.41, 5.74) is 4.54. The molecule has 244 valence electrons. The van der Waals surface area contributed by atoms with Crippen LogP contribution in [0.1, 0.15) is 71.1 Å². The first-order valence-electron chi connectivity index (χ1n) is 15.5. The van der Waals surface area contributed by atoms with E-state index in [9.17, 15) is 19.5 Å². The molecule has 3 aromatic carbocycles. The van der Waals surface area contributed by atoms with Gasteiger partial charge in [0.2, 0.25) is 0 Å². The maximum Gasteiger partial charge on any atom is 0.338 e. The number of carbonyl (C=O) groups is 2. The second kappa shape index (κ2) is 13.3.